The molecular formula is C13H13ClN2O. The molecular weight excluding hydrogens is 236 g/mol. The lowest BCUT2D eigenvalue weighted by Gasteiger charge is -2.48. The maximum atomic E-state index is 10.3. The van der Waals surface area contributed by atoms with Crippen molar-refractivity contribution in [1.29, 1.82) is 5.26 Å². The van der Waals surface area contributed by atoms with Crippen LogP contribution in [0, 0.1) is 17.2 Å². The number of anilines is 1. The highest BCUT2D eigenvalue weighted by atomic mass is 35.5. The van der Waals surface area contributed by atoms with Crippen LogP contribution in [0.1, 0.15) is 18.4 Å². The van der Waals surface area contributed by atoms with Gasteiger partial charge >= 0.3 is 0 Å². The van der Waals surface area contributed by atoms with Gasteiger partial charge in [-0.15, -0.1) is 0 Å². The molecule has 1 saturated heterocycles. The average Bonchev–Trinajstić information content (AvgIpc) is 3.08. The number of β-amino-alcohol motifs (C(OH)–C–C–N with tert-alkyl or cyclic N) is 1. The Kier molecular flexibility index (Phi) is 2.32. The van der Waals surface area contributed by atoms with Gasteiger partial charge in [0.15, 0.2) is 0 Å². The van der Waals surface area contributed by atoms with Gasteiger partial charge in [0, 0.05) is 18.1 Å². The van der Waals surface area contributed by atoms with E-state index < -0.39 is 5.60 Å². The van der Waals surface area contributed by atoms with Gasteiger partial charge in [0.2, 0.25) is 0 Å². The molecule has 1 aromatic rings. The molecule has 0 spiro atoms. The highest BCUT2D eigenvalue weighted by Crippen LogP contribution is 2.46. The van der Waals surface area contributed by atoms with Gasteiger partial charge in [0.25, 0.3) is 0 Å². The van der Waals surface area contributed by atoms with Crippen molar-refractivity contribution in [3.63, 3.8) is 0 Å². The zero-order chi connectivity index (χ0) is 12.0. The van der Waals surface area contributed by atoms with E-state index in [1.54, 1.807) is 18.2 Å². The Hall–Kier alpha value is -1.24. The molecule has 1 N–H and O–H groups in total. The van der Waals surface area contributed by atoms with E-state index in [2.05, 4.69) is 6.07 Å². The molecule has 0 radical (unpaired) electrons. The van der Waals surface area contributed by atoms with Gasteiger partial charge in [0.1, 0.15) is 11.7 Å². The lowest BCUT2D eigenvalue weighted by Crippen LogP contribution is -2.63. The van der Waals surface area contributed by atoms with Crippen LogP contribution < -0.4 is 4.90 Å². The Morgan fingerprint density at radius 2 is 2.12 bits per heavy atom. The van der Waals surface area contributed by atoms with Crippen LogP contribution in [0.3, 0.4) is 0 Å². The fourth-order valence-electron chi connectivity index (χ4n) is 2.52. The zero-order valence-electron chi connectivity index (χ0n) is 9.36. The third-order valence-electron chi connectivity index (χ3n) is 3.69. The average molecular weight is 249 g/mol. The van der Waals surface area contributed by atoms with Gasteiger partial charge in [-0.2, -0.15) is 5.26 Å². The first-order chi connectivity index (χ1) is 8.12. The standard InChI is InChI=1S/C13H13ClN2O/c14-11-4-1-9(6-15)12(5-11)16-7-13(17,8-16)10-2-3-10/h1,4-5,10,17H,2-3,7-8H2. The molecule has 0 unspecified atom stereocenters. The molecule has 2 fully saturated rings. The van der Waals surface area contributed by atoms with Crippen molar-refractivity contribution in [3.8, 4) is 6.07 Å². The van der Waals surface area contributed by atoms with E-state index in [-0.39, 0.29) is 0 Å². The number of hydrogen-bond acceptors (Lipinski definition) is 3. The van der Waals surface area contributed by atoms with Crippen LogP contribution in [0.15, 0.2) is 18.2 Å². The minimum atomic E-state index is -0.533. The number of nitriles is 1. The number of aliphatic hydroxyl groups is 1. The van der Waals surface area contributed by atoms with Gasteiger partial charge < -0.3 is 10.0 Å². The van der Waals surface area contributed by atoms with Gasteiger partial charge in [-0.25, -0.2) is 0 Å². The minimum Gasteiger partial charge on any atom is -0.386 e. The molecule has 0 amide bonds. The molecule has 1 saturated carbocycles. The largest absolute Gasteiger partial charge is 0.386 e. The summed E-state index contributed by atoms with van der Waals surface area (Å²) in [5.74, 6) is 0.462. The summed E-state index contributed by atoms with van der Waals surface area (Å²) in [5.41, 5.74) is 0.923. The van der Waals surface area contributed by atoms with Crippen LogP contribution in [-0.4, -0.2) is 23.8 Å². The molecule has 17 heavy (non-hydrogen) atoms. The van der Waals surface area contributed by atoms with Crippen molar-refractivity contribution in [3.05, 3.63) is 28.8 Å². The van der Waals surface area contributed by atoms with E-state index in [0.717, 1.165) is 18.5 Å². The number of hydrogen-bond donors (Lipinski definition) is 1. The molecule has 4 heteroatoms. The van der Waals surface area contributed by atoms with Gasteiger partial charge in [0.05, 0.1) is 11.3 Å². The summed E-state index contributed by atoms with van der Waals surface area (Å²) in [6, 6.07) is 7.41. The Morgan fingerprint density at radius 1 is 1.41 bits per heavy atom. The summed E-state index contributed by atoms with van der Waals surface area (Å²) in [6.07, 6.45) is 2.26. The quantitative estimate of drug-likeness (QED) is 0.873. The lowest BCUT2D eigenvalue weighted by molar-refractivity contribution is -0.00932. The van der Waals surface area contributed by atoms with E-state index in [4.69, 9.17) is 16.9 Å². The smallest absolute Gasteiger partial charge is 0.102 e. The Bertz CT molecular complexity index is 499. The monoisotopic (exact) mass is 248 g/mol. The summed E-state index contributed by atoms with van der Waals surface area (Å²) in [7, 11) is 0. The van der Waals surface area contributed by atoms with Gasteiger partial charge in [-0.05, 0) is 37.0 Å². The normalized spacial score (nSPS) is 21.8. The first-order valence-corrected chi connectivity index (χ1v) is 6.17. The van der Waals surface area contributed by atoms with Crippen molar-refractivity contribution >= 4 is 17.3 Å². The Labute approximate surface area is 105 Å². The van der Waals surface area contributed by atoms with E-state index in [1.165, 1.54) is 0 Å². The van der Waals surface area contributed by atoms with Crippen molar-refractivity contribution in [1.82, 2.24) is 0 Å². The van der Waals surface area contributed by atoms with Crippen LogP contribution in [0.4, 0.5) is 5.69 Å². The molecule has 3 nitrogen and oxygen atoms in total. The van der Waals surface area contributed by atoms with E-state index in [0.29, 0.717) is 29.6 Å². The molecule has 3 rings (SSSR count). The number of rotatable bonds is 2. The molecule has 1 aliphatic carbocycles. The van der Waals surface area contributed by atoms with E-state index >= 15 is 0 Å². The lowest BCUT2D eigenvalue weighted by atomic mass is 9.88. The Morgan fingerprint density at radius 3 is 2.71 bits per heavy atom. The minimum absolute atomic E-state index is 0.462. The fraction of sp³-hybridized carbons (Fsp3) is 0.462. The molecule has 88 valence electrons. The summed E-state index contributed by atoms with van der Waals surface area (Å²) in [5, 5.41) is 19.9. The van der Waals surface area contributed by atoms with E-state index in [9.17, 15) is 5.11 Å². The predicted molar refractivity (Wildman–Crippen MR) is 66.1 cm³/mol. The topological polar surface area (TPSA) is 47.3 Å². The summed E-state index contributed by atoms with van der Waals surface area (Å²) >= 11 is 5.95. The van der Waals surface area contributed by atoms with Crippen LogP contribution in [0.5, 0.6) is 0 Å². The number of nitrogens with zero attached hydrogens (tertiary/aromatic N) is 2. The summed E-state index contributed by atoms with van der Waals surface area (Å²) in [4.78, 5) is 2.03. The molecule has 1 aromatic carbocycles. The van der Waals surface area contributed by atoms with Crippen molar-refractivity contribution in [2.75, 3.05) is 18.0 Å². The Balaban J connectivity index is 1.82. The zero-order valence-corrected chi connectivity index (χ0v) is 10.1. The molecule has 2 aliphatic rings. The molecule has 1 heterocycles. The second kappa shape index (κ2) is 3.63. The maximum absolute atomic E-state index is 10.3. The van der Waals surface area contributed by atoms with Crippen molar-refractivity contribution < 1.29 is 5.11 Å². The first kappa shape index (κ1) is 10.9. The molecule has 1 aliphatic heterocycles. The van der Waals surface area contributed by atoms with Crippen molar-refractivity contribution in [2.45, 2.75) is 18.4 Å². The molecule has 0 bridgehead atoms. The predicted octanol–water partition coefficient (Wildman–Crippen LogP) is 2.17. The van der Waals surface area contributed by atoms with Crippen LogP contribution in [0.25, 0.3) is 0 Å². The van der Waals surface area contributed by atoms with E-state index in [1.807, 2.05) is 4.90 Å². The highest BCUT2D eigenvalue weighted by molar-refractivity contribution is 6.30. The third-order valence-corrected chi connectivity index (χ3v) is 3.92. The second-order valence-corrected chi connectivity index (χ2v) is 5.44. The van der Waals surface area contributed by atoms with Gasteiger partial charge in [-0.3, -0.25) is 0 Å². The van der Waals surface area contributed by atoms with Crippen LogP contribution in [-0.2, 0) is 0 Å². The highest BCUT2D eigenvalue weighted by Gasteiger charge is 2.52. The first-order valence-electron chi connectivity index (χ1n) is 5.79. The third kappa shape index (κ3) is 1.78. The maximum Gasteiger partial charge on any atom is 0.102 e. The summed E-state index contributed by atoms with van der Waals surface area (Å²) in [6.45, 7) is 1.24. The number of benzene rings is 1. The van der Waals surface area contributed by atoms with Crippen LogP contribution >= 0.6 is 11.6 Å². The second-order valence-electron chi connectivity index (χ2n) is 5.01. The van der Waals surface area contributed by atoms with Crippen LogP contribution in [0.2, 0.25) is 5.02 Å². The number of halogens is 1. The van der Waals surface area contributed by atoms with Gasteiger partial charge in [-0.1, -0.05) is 11.6 Å². The van der Waals surface area contributed by atoms with Crippen molar-refractivity contribution in [2.24, 2.45) is 5.92 Å². The summed E-state index contributed by atoms with van der Waals surface area (Å²) < 4.78 is 0. The molecule has 0 atom stereocenters. The SMILES string of the molecule is N#Cc1ccc(Cl)cc1N1CC(O)(C2CC2)C1. The fourth-order valence-corrected chi connectivity index (χ4v) is 2.69. The molecule has 0 aromatic heterocycles.